The van der Waals surface area contributed by atoms with Crippen LogP contribution in [0, 0.1) is 5.82 Å². The standard InChI is InChI=1S/C14H15ClFNO4/c1-8(21-14(19)12-3-2-6-20-12)13(18)17-11-5-4-9(16)7-10(11)15/h4-5,7-8,12H,2-3,6H2,1H3,(H,17,18)/t8-,12+/m0/s1. The van der Waals surface area contributed by atoms with Crippen molar-refractivity contribution in [1.29, 1.82) is 0 Å². The fourth-order valence-corrected chi connectivity index (χ4v) is 2.11. The van der Waals surface area contributed by atoms with Crippen molar-refractivity contribution in [2.75, 3.05) is 11.9 Å². The first kappa shape index (κ1) is 15.7. The van der Waals surface area contributed by atoms with Crippen molar-refractivity contribution in [2.45, 2.75) is 32.0 Å². The number of hydrogen-bond acceptors (Lipinski definition) is 4. The molecule has 114 valence electrons. The van der Waals surface area contributed by atoms with Crippen molar-refractivity contribution in [3.05, 3.63) is 29.0 Å². The van der Waals surface area contributed by atoms with Gasteiger partial charge in [-0.1, -0.05) is 11.6 Å². The SMILES string of the molecule is C[C@H](OC(=O)[C@H]1CCCO1)C(=O)Nc1ccc(F)cc1Cl. The van der Waals surface area contributed by atoms with Gasteiger partial charge in [-0.05, 0) is 38.0 Å². The maximum absolute atomic E-state index is 12.9. The maximum atomic E-state index is 12.9. The van der Waals surface area contributed by atoms with Gasteiger partial charge in [0, 0.05) is 6.61 Å². The number of carbonyl (C=O) groups excluding carboxylic acids is 2. The molecular formula is C14H15ClFNO4. The van der Waals surface area contributed by atoms with E-state index in [0.29, 0.717) is 13.0 Å². The Morgan fingerprint density at radius 1 is 1.52 bits per heavy atom. The van der Waals surface area contributed by atoms with Crippen molar-refractivity contribution in [1.82, 2.24) is 0 Å². The van der Waals surface area contributed by atoms with Crippen molar-refractivity contribution in [3.63, 3.8) is 0 Å². The van der Waals surface area contributed by atoms with Gasteiger partial charge < -0.3 is 14.8 Å². The van der Waals surface area contributed by atoms with E-state index in [2.05, 4.69) is 5.32 Å². The Kier molecular flexibility index (Phi) is 5.14. The lowest BCUT2D eigenvalue weighted by Crippen LogP contribution is -2.34. The van der Waals surface area contributed by atoms with Crippen LogP contribution in [0.15, 0.2) is 18.2 Å². The van der Waals surface area contributed by atoms with E-state index in [1.807, 2.05) is 0 Å². The second-order valence-electron chi connectivity index (χ2n) is 4.69. The molecule has 1 aliphatic heterocycles. The molecule has 1 saturated heterocycles. The number of benzene rings is 1. The number of carbonyl (C=O) groups is 2. The van der Waals surface area contributed by atoms with E-state index < -0.39 is 29.9 Å². The largest absolute Gasteiger partial charge is 0.451 e. The topological polar surface area (TPSA) is 64.6 Å². The lowest BCUT2D eigenvalue weighted by atomic mass is 10.2. The average molecular weight is 316 g/mol. The monoisotopic (exact) mass is 315 g/mol. The van der Waals surface area contributed by atoms with Crippen LogP contribution in [0.4, 0.5) is 10.1 Å². The summed E-state index contributed by atoms with van der Waals surface area (Å²) >= 11 is 5.81. The first-order valence-corrected chi connectivity index (χ1v) is 6.93. The molecule has 1 fully saturated rings. The molecule has 2 atom stereocenters. The van der Waals surface area contributed by atoms with Gasteiger partial charge in [0.1, 0.15) is 5.82 Å². The molecule has 1 aromatic carbocycles. The number of rotatable bonds is 4. The second kappa shape index (κ2) is 6.87. The summed E-state index contributed by atoms with van der Waals surface area (Å²) in [6, 6.07) is 3.59. The quantitative estimate of drug-likeness (QED) is 0.867. The number of amides is 1. The molecule has 0 aliphatic carbocycles. The van der Waals surface area contributed by atoms with Gasteiger partial charge in [0.25, 0.3) is 5.91 Å². The molecule has 5 nitrogen and oxygen atoms in total. The minimum atomic E-state index is -0.997. The van der Waals surface area contributed by atoms with Crippen LogP contribution in [0.3, 0.4) is 0 Å². The van der Waals surface area contributed by atoms with Gasteiger partial charge >= 0.3 is 5.97 Å². The molecule has 1 amide bonds. The molecule has 2 rings (SSSR count). The number of halogens is 2. The third kappa shape index (κ3) is 4.15. The van der Waals surface area contributed by atoms with Gasteiger partial charge in [0.2, 0.25) is 0 Å². The Balaban J connectivity index is 1.91. The van der Waals surface area contributed by atoms with Crippen molar-refractivity contribution in [2.24, 2.45) is 0 Å². The van der Waals surface area contributed by atoms with Gasteiger partial charge in [0.05, 0.1) is 10.7 Å². The van der Waals surface area contributed by atoms with Crippen LogP contribution in [0.25, 0.3) is 0 Å². The van der Waals surface area contributed by atoms with E-state index >= 15 is 0 Å². The summed E-state index contributed by atoms with van der Waals surface area (Å²) in [5.74, 6) is -1.61. The summed E-state index contributed by atoms with van der Waals surface area (Å²) in [6.45, 7) is 1.96. The highest BCUT2D eigenvalue weighted by atomic mass is 35.5. The van der Waals surface area contributed by atoms with Crippen LogP contribution in [-0.4, -0.2) is 30.7 Å². The Bertz CT molecular complexity index is 546. The third-order valence-corrected chi connectivity index (χ3v) is 3.36. The zero-order valence-corrected chi connectivity index (χ0v) is 12.2. The van der Waals surface area contributed by atoms with E-state index in [4.69, 9.17) is 21.1 Å². The highest BCUT2D eigenvalue weighted by molar-refractivity contribution is 6.33. The zero-order valence-electron chi connectivity index (χ0n) is 11.4. The summed E-state index contributed by atoms with van der Waals surface area (Å²) < 4.78 is 23.1. The maximum Gasteiger partial charge on any atom is 0.336 e. The molecule has 0 unspecified atom stereocenters. The fourth-order valence-electron chi connectivity index (χ4n) is 1.89. The van der Waals surface area contributed by atoms with Crippen molar-refractivity contribution >= 4 is 29.2 Å². The second-order valence-corrected chi connectivity index (χ2v) is 5.10. The van der Waals surface area contributed by atoms with Crippen LogP contribution >= 0.6 is 11.6 Å². The van der Waals surface area contributed by atoms with Gasteiger partial charge in [-0.2, -0.15) is 0 Å². The van der Waals surface area contributed by atoms with E-state index in [9.17, 15) is 14.0 Å². The first-order chi connectivity index (χ1) is 9.97. The molecule has 0 spiro atoms. The lowest BCUT2D eigenvalue weighted by molar-refractivity contribution is -0.162. The van der Waals surface area contributed by atoms with E-state index in [-0.39, 0.29) is 10.7 Å². The minimum Gasteiger partial charge on any atom is -0.451 e. The number of anilines is 1. The van der Waals surface area contributed by atoms with E-state index in [1.54, 1.807) is 0 Å². The number of esters is 1. The summed E-state index contributed by atoms with van der Waals surface area (Å²) in [5.41, 5.74) is 0.253. The molecule has 1 aromatic rings. The summed E-state index contributed by atoms with van der Waals surface area (Å²) in [4.78, 5) is 23.6. The fraction of sp³-hybridized carbons (Fsp3) is 0.429. The highest BCUT2D eigenvalue weighted by Crippen LogP contribution is 2.22. The molecule has 21 heavy (non-hydrogen) atoms. The van der Waals surface area contributed by atoms with Crippen LogP contribution in [0.2, 0.25) is 5.02 Å². The molecule has 0 saturated carbocycles. The van der Waals surface area contributed by atoms with Crippen molar-refractivity contribution in [3.8, 4) is 0 Å². The Labute approximate surface area is 126 Å². The van der Waals surface area contributed by atoms with E-state index in [0.717, 1.165) is 12.5 Å². The predicted octanol–water partition coefficient (Wildman–Crippen LogP) is 2.53. The predicted molar refractivity (Wildman–Crippen MR) is 74.6 cm³/mol. The normalized spacial score (nSPS) is 19.1. The molecule has 1 heterocycles. The number of nitrogens with one attached hydrogen (secondary N) is 1. The van der Waals surface area contributed by atoms with Gasteiger partial charge in [-0.25, -0.2) is 9.18 Å². The molecule has 1 aliphatic rings. The molecule has 0 radical (unpaired) electrons. The van der Waals surface area contributed by atoms with Crippen LogP contribution in [0.1, 0.15) is 19.8 Å². The van der Waals surface area contributed by atoms with Gasteiger partial charge in [0.15, 0.2) is 12.2 Å². The molecule has 1 N–H and O–H groups in total. The first-order valence-electron chi connectivity index (χ1n) is 6.55. The molecule has 0 bridgehead atoms. The van der Waals surface area contributed by atoms with Gasteiger partial charge in [-0.15, -0.1) is 0 Å². The van der Waals surface area contributed by atoms with Crippen LogP contribution in [0.5, 0.6) is 0 Å². The minimum absolute atomic E-state index is 0.0704. The number of hydrogen-bond donors (Lipinski definition) is 1. The van der Waals surface area contributed by atoms with Crippen LogP contribution < -0.4 is 5.32 Å². The summed E-state index contributed by atoms with van der Waals surface area (Å²) in [5, 5.41) is 2.55. The smallest absolute Gasteiger partial charge is 0.336 e. The molecule has 0 aromatic heterocycles. The number of ether oxygens (including phenoxy) is 2. The Morgan fingerprint density at radius 3 is 2.90 bits per heavy atom. The Hall–Kier alpha value is -1.66. The van der Waals surface area contributed by atoms with Gasteiger partial charge in [-0.3, -0.25) is 4.79 Å². The third-order valence-electron chi connectivity index (χ3n) is 3.04. The van der Waals surface area contributed by atoms with E-state index in [1.165, 1.54) is 19.1 Å². The zero-order chi connectivity index (χ0) is 15.4. The summed E-state index contributed by atoms with van der Waals surface area (Å²) in [7, 11) is 0. The average Bonchev–Trinajstić information content (AvgIpc) is 2.95. The molecular weight excluding hydrogens is 301 g/mol. The van der Waals surface area contributed by atoms with Crippen LogP contribution in [-0.2, 0) is 19.1 Å². The van der Waals surface area contributed by atoms with Crippen molar-refractivity contribution < 1.29 is 23.5 Å². The summed E-state index contributed by atoms with van der Waals surface area (Å²) in [6.07, 6.45) is -0.208. The molecule has 7 heteroatoms. The lowest BCUT2D eigenvalue weighted by Gasteiger charge is -2.16. The highest BCUT2D eigenvalue weighted by Gasteiger charge is 2.28. The Morgan fingerprint density at radius 2 is 2.29 bits per heavy atom.